The molecule has 0 spiro atoms. The third-order valence-electron chi connectivity index (χ3n) is 1.18. The fourth-order valence-electron chi connectivity index (χ4n) is 0.681. The third kappa shape index (κ3) is 2.23. The van der Waals surface area contributed by atoms with Crippen molar-refractivity contribution in [2.75, 3.05) is 0 Å². The van der Waals surface area contributed by atoms with Crippen LogP contribution in [-0.4, -0.2) is 0 Å². The predicted octanol–water partition coefficient (Wildman–Crippen LogP) is 2.70. The SMILES string of the molecule is Cc1cc(Br)sc1CN.Cl. The van der Waals surface area contributed by atoms with Crippen molar-refractivity contribution in [2.24, 2.45) is 5.73 Å². The van der Waals surface area contributed by atoms with Crippen molar-refractivity contribution in [1.82, 2.24) is 0 Å². The molecule has 0 aliphatic heterocycles. The zero-order valence-electron chi connectivity index (χ0n) is 5.56. The third-order valence-corrected chi connectivity index (χ3v) is 2.94. The van der Waals surface area contributed by atoms with Gasteiger partial charge < -0.3 is 5.73 Å². The Morgan fingerprint density at radius 1 is 1.70 bits per heavy atom. The molecule has 1 heterocycles. The van der Waals surface area contributed by atoms with Crippen molar-refractivity contribution in [1.29, 1.82) is 0 Å². The van der Waals surface area contributed by atoms with Crippen molar-refractivity contribution < 1.29 is 0 Å². The highest BCUT2D eigenvalue weighted by Gasteiger charge is 1.99. The average molecular weight is 243 g/mol. The number of halogens is 2. The van der Waals surface area contributed by atoms with E-state index in [1.54, 1.807) is 11.3 Å². The lowest BCUT2D eigenvalue weighted by Crippen LogP contribution is -1.93. The lowest BCUT2D eigenvalue weighted by molar-refractivity contribution is 1.09. The Balaban J connectivity index is 0.000000810. The van der Waals surface area contributed by atoms with Crippen molar-refractivity contribution in [3.63, 3.8) is 0 Å². The van der Waals surface area contributed by atoms with Crippen LogP contribution in [0.5, 0.6) is 0 Å². The lowest BCUT2D eigenvalue weighted by Gasteiger charge is -1.87. The summed E-state index contributed by atoms with van der Waals surface area (Å²) in [6.07, 6.45) is 0. The Morgan fingerprint density at radius 2 is 2.30 bits per heavy atom. The largest absolute Gasteiger partial charge is 0.326 e. The number of hydrogen-bond donors (Lipinski definition) is 1. The summed E-state index contributed by atoms with van der Waals surface area (Å²) in [6, 6.07) is 2.09. The van der Waals surface area contributed by atoms with Crippen LogP contribution in [-0.2, 0) is 6.54 Å². The molecule has 10 heavy (non-hydrogen) atoms. The van der Waals surface area contributed by atoms with E-state index in [1.165, 1.54) is 14.2 Å². The van der Waals surface area contributed by atoms with E-state index in [2.05, 4.69) is 28.9 Å². The van der Waals surface area contributed by atoms with Gasteiger partial charge in [0.15, 0.2) is 0 Å². The monoisotopic (exact) mass is 241 g/mol. The minimum atomic E-state index is 0. The topological polar surface area (TPSA) is 26.0 Å². The average Bonchev–Trinajstić information content (AvgIpc) is 2.10. The molecule has 0 bridgehead atoms. The van der Waals surface area contributed by atoms with E-state index in [0.29, 0.717) is 6.54 Å². The van der Waals surface area contributed by atoms with Crippen LogP contribution in [0.4, 0.5) is 0 Å². The van der Waals surface area contributed by atoms with E-state index in [4.69, 9.17) is 5.73 Å². The van der Waals surface area contributed by atoms with Crippen molar-refractivity contribution >= 4 is 39.7 Å². The molecule has 0 radical (unpaired) electrons. The molecule has 0 saturated heterocycles. The summed E-state index contributed by atoms with van der Waals surface area (Å²) in [7, 11) is 0. The minimum Gasteiger partial charge on any atom is -0.326 e. The molecule has 4 heteroatoms. The van der Waals surface area contributed by atoms with E-state index >= 15 is 0 Å². The molecule has 0 fully saturated rings. The normalized spacial score (nSPS) is 9.10. The summed E-state index contributed by atoms with van der Waals surface area (Å²) >= 11 is 5.09. The highest BCUT2D eigenvalue weighted by atomic mass is 79.9. The first-order chi connectivity index (χ1) is 4.24. The molecule has 0 amide bonds. The van der Waals surface area contributed by atoms with Crippen molar-refractivity contribution in [3.05, 3.63) is 20.3 Å². The van der Waals surface area contributed by atoms with Gasteiger partial charge in [-0.15, -0.1) is 23.7 Å². The smallest absolute Gasteiger partial charge is 0.0704 e. The summed E-state index contributed by atoms with van der Waals surface area (Å²) in [5.74, 6) is 0. The van der Waals surface area contributed by atoms with Gasteiger partial charge in [0, 0.05) is 11.4 Å². The Kier molecular flexibility index (Phi) is 4.52. The fourth-order valence-corrected chi connectivity index (χ4v) is 2.38. The molecule has 1 nitrogen and oxygen atoms in total. The number of hydrogen-bond acceptors (Lipinski definition) is 2. The first-order valence-electron chi connectivity index (χ1n) is 2.69. The molecule has 2 N–H and O–H groups in total. The highest BCUT2D eigenvalue weighted by Crippen LogP contribution is 2.25. The van der Waals surface area contributed by atoms with Gasteiger partial charge >= 0.3 is 0 Å². The second-order valence-electron chi connectivity index (χ2n) is 1.86. The number of aryl methyl sites for hydroxylation is 1. The standard InChI is InChI=1S/C6H8BrNS.ClH/c1-4-2-6(7)9-5(4)3-8;/h2H,3,8H2,1H3;1H. The van der Waals surface area contributed by atoms with Gasteiger partial charge in [-0.3, -0.25) is 0 Å². The van der Waals surface area contributed by atoms with Crippen molar-refractivity contribution in [3.8, 4) is 0 Å². The summed E-state index contributed by atoms with van der Waals surface area (Å²) in [5, 5.41) is 0. The maximum atomic E-state index is 5.45. The molecular formula is C6H9BrClNS. The molecule has 1 rings (SSSR count). The second-order valence-corrected chi connectivity index (χ2v) is 4.38. The maximum Gasteiger partial charge on any atom is 0.0704 e. The molecule has 58 valence electrons. The molecule has 1 aromatic rings. The van der Waals surface area contributed by atoms with Crippen LogP contribution in [0.2, 0.25) is 0 Å². The number of nitrogens with two attached hydrogens (primary N) is 1. The van der Waals surface area contributed by atoms with E-state index in [-0.39, 0.29) is 12.4 Å². The van der Waals surface area contributed by atoms with Gasteiger partial charge in [0.25, 0.3) is 0 Å². The molecule has 0 aromatic carbocycles. The predicted molar refractivity (Wildman–Crippen MR) is 51.9 cm³/mol. The minimum absolute atomic E-state index is 0. The van der Waals surface area contributed by atoms with E-state index in [1.807, 2.05) is 0 Å². The Labute approximate surface area is 79.2 Å². The summed E-state index contributed by atoms with van der Waals surface area (Å²) in [4.78, 5) is 1.27. The van der Waals surface area contributed by atoms with E-state index < -0.39 is 0 Å². The van der Waals surface area contributed by atoms with Gasteiger partial charge in [0.05, 0.1) is 3.79 Å². The summed E-state index contributed by atoms with van der Waals surface area (Å²) in [6.45, 7) is 2.73. The Bertz CT molecular complexity index is 212. The van der Waals surface area contributed by atoms with Crippen LogP contribution in [0, 0.1) is 6.92 Å². The molecular weight excluding hydrogens is 233 g/mol. The highest BCUT2D eigenvalue weighted by molar-refractivity contribution is 9.11. The van der Waals surface area contributed by atoms with Gasteiger partial charge in [-0.1, -0.05) is 0 Å². The van der Waals surface area contributed by atoms with Crippen LogP contribution in [0.25, 0.3) is 0 Å². The Morgan fingerprint density at radius 3 is 2.50 bits per heavy atom. The van der Waals surface area contributed by atoms with Crippen LogP contribution >= 0.6 is 39.7 Å². The lowest BCUT2D eigenvalue weighted by atomic mass is 10.3. The molecule has 0 saturated carbocycles. The van der Waals surface area contributed by atoms with Crippen LogP contribution in [0.15, 0.2) is 9.85 Å². The summed E-state index contributed by atoms with van der Waals surface area (Å²) in [5.41, 5.74) is 6.74. The fraction of sp³-hybridized carbons (Fsp3) is 0.333. The molecule has 1 aromatic heterocycles. The molecule has 0 atom stereocenters. The van der Waals surface area contributed by atoms with Crippen LogP contribution < -0.4 is 5.73 Å². The van der Waals surface area contributed by atoms with Gasteiger partial charge in [-0.2, -0.15) is 0 Å². The van der Waals surface area contributed by atoms with Gasteiger partial charge in [-0.05, 0) is 34.5 Å². The first-order valence-corrected chi connectivity index (χ1v) is 4.30. The maximum absolute atomic E-state index is 5.45. The molecule has 0 unspecified atom stereocenters. The second kappa shape index (κ2) is 4.34. The first kappa shape index (κ1) is 10.4. The Hall–Kier alpha value is 0.430. The zero-order chi connectivity index (χ0) is 6.85. The van der Waals surface area contributed by atoms with E-state index in [0.717, 1.165) is 0 Å². The van der Waals surface area contributed by atoms with Crippen LogP contribution in [0.1, 0.15) is 10.4 Å². The van der Waals surface area contributed by atoms with Gasteiger partial charge in [-0.25, -0.2) is 0 Å². The number of thiophene rings is 1. The van der Waals surface area contributed by atoms with Crippen molar-refractivity contribution in [2.45, 2.75) is 13.5 Å². The molecule has 0 aliphatic rings. The molecule has 0 aliphatic carbocycles. The zero-order valence-corrected chi connectivity index (χ0v) is 8.78. The number of rotatable bonds is 1. The summed E-state index contributed by atoms with van der Waals surface area (Å²) < 4.78 is 1.17. The van der Waals surface area contributed by atoms with Crippen LogP contribution in [0.3, 0.4) is 0 Å². The quantitative estimate of drug-likeness (QED) is 0.805. The van der Waals surface area contributed by atoms with E-state index in [9.17, 15) is 0 Å². The van der Waals surface area contributed by atoms with Gasteiger partial charge in [0.2, 0.25) is 0 Å². The van der Waals surface area contributed by atoms with Gasteiger partial charge in [0.1, 0.15) is 0 Å².